The fraction of sp³-hybridized carbons (Fsp3) is 0.333. The molecule has 0 unspecified atom stereocenters. The highest BCUT2D eigenvalue weighted by atomic mass is 32.2. The van der Waals surface area contributed by atoms with Gasteiger partial charge in [0.2, 0.25) is 0 Å². The molecule has 2 aliphatic heterocycles. The lowest BCUT2D eigenvalue weighted by Gasteiger charge is -2.28. The average molecular weight is 499 g/mol. The zero-order chi connectivity index (χ0) is 25.2. The minimum Gasteiger partial charge on any atom is -0.372 e. The topological polar surface area (TPSA) is 40.8 Å². The van der Waals surface area contributed by atoms with Crippen molar-refractivity contribution in [2.75, 3.05) is 24.5 Å². The second kappa shape index (κ2) is 10.4. The van der Waals surface area contributed by atoms with Crippen LogP contribution >= 0.6 is 11.8 Å². The van der Waals surface area contributed by atoms with Crippen molar-refractivity contribution in [1.82, 2.24) is 9.47 Å². The lowest BCUT2D eigenvalue weighted by molar-refractivity contribution is -0.122. The number of benzene rings is 2. The van der Waals surface area contributed by atoms with Gasteiger partial charge in [-0.15, -0.1) is 0 Å². The number of hydrogen-bond donors (Lipinski definition) is 0. The number of piperidine rings is 1. The van der Waals surface area contributed by atoms with Crippen LogP contribution < -0.4 is 4.90 Å². The minimum atomic E-state index is 0.0197. The standard InChI is InChI=1S/C30H34N4OS/c1-5-33-29(35)28(20-24-19-22(3)34(23(24)4)27-13-9-21(2)10-14-27)36-30(33)31-25-11-15-26(16-12-25)32-17-7-6-8-18-32/h9-16,19-20H,5-8,17-18H2,1-4H3/b28-20+,31-30?. The van der Waals surface area contributed by atoms with Gasteiger partial charge in [0.15, 0.2) is 5.17 Å². The molecule has 0 radical (unpaired) electrons. The van der Waals surface area contributed by atoms with E-state index in [-0.39, 0.29) is 5.91 Å². The molecule has 6 heteroatoms. The molecule has 3 aromatic rings. The zero-order valence-electron chi connectivity index (χ0n) is 21.6. The summed E-state index contributed by atoms with van der Waals surface area (Å²) in [5.74, 6) is 0.0197. The number of carbonyl (C=O) groups is 1. The molecule has 5 nitrogen and oxygen atoms in total. The monoisotopic (exact) mass is 498 g/mol. The fourth-order valence-electron chi connectivity index (χ4n) is 5.04. The van der Waals surface area contributed by atoms with Gasteiger partial charge in [-0.2, -0.15) is 0 Å². The molecule has 0 N–H and O–H groups in total. The molecule has 3 heterocycles. The first-order chi connectivity index (χ1) is 17.4. The number of likely N-dealkylation sites (N-methyl/N-ethyl adjacent to an activating group) is 1. The number of hydrogen-bond acceptors (Lipinski definition) is 4. The summed E-state index contributed by atoms with van der Waals surface area (Å²) in [6.45, 7) is 11.2. The Labute approximate surface area is 218 Å². The number of amidine groups is 1. The summed E-state index contributed by atoms with van der Waals surface area (Å²) in [7, 11) is 0. The largest absolute Gasteiger partial charge is 0.372 e. The molecule has 1 aromatic heterocycles. The zero-order valence-corrected chi connectivity index (χ0v) is 22.4. The molecule has 0 saturated carbocycles. The number of carbonyl (C=O) groups excluding carboxylic acids is 1. The minimum absolute atomic E-state index is 0.0197. The summed E-state index contributed by atoms with van der Waals surface area (Å²) in [6.07, 6.45) is 5.87. The SMILES string of the molecule is CCN1C(=O)/C(=C\c2cc(C)n(-c3ccc(C)cc3)c2C)SC1=Nc1ccc(N2CCCCC2)cc1. The quantitative estimate of drug-likeness (QED) is 0.355. The Hall–Kier alpha value is -3.25. The van der Waals surface area contributed by atoms with Crippen molar-refractivity contribution in [2.24, 2.45) is 4.99 Å². The first-order valence-corrected chi connectivity index (χ1v) is 13.7. The second-order valence-corrected chi connectivity index (χ2v) is 10.6. The highest BCUT2D eigenvalue weighted by molar-refractivity contribution is 8.18. The van der Waals surface area contributed by atoms with E-state index in [0.29, 0.717) is 11.4 Å². The van der Waals surface area contributed by atoms with Gasteiger partial charge in [0.05, 0.1) is 10.6 Å². The fourth-order valence-corrected chi connectivity index (χ4v) is 6.09. The van der Waals surface area contributed by atoms with Crippen LogP contribution in [0.4, 0.5) is 11.4 Å². The van der Waals surface area contributed by atoms with Crippen LogP contribution in [0.5, 0.6) is 0 Å². The van der Waals surface area contributed by atoms with E-state index in [4.69, 9.17) is 4.99 Å². The summed E-state index contributed by atoms with van der Waals surface area (Å²) in [5, 5.41) is 0.742. The van der Waals surface area contributed by atoms with Crippen molar-refractivity contribution in [3.05, 3.63) is 82.0 Å². The van der Waals surface area contributed by atoms with E-state index < -0.39 is 0 Å². The molecule has 36 heavy (non-hydrogen) atoms. The summed E-state index contributed by atoms with van der Waals surface area (Å²) in [5.41, 5.74) is 7.84. The van der Waals surface area contributed by atoms with Gasteiger partial charge >= 0.3 is 0 Å². The van der Waals surface area contributed by atoms with Crippen LogP contribution in [0.15, 0.2) is 64.5 Å². The van der Waals surface area contributed by atoms with Gasteiger partial charge < -0.3 is 9.47 Å². The van der Waals surface area contributed by atoms with Crippen molar-refractivity contribution >= 4 is 40.3 Å². The van der Waals surface area contributed by atoms with Gasteiger partial charge in [-0.3, -0.25) is 9.69 Å². The third-order valence-corrected chi connectivity index (χ3v) is 8.06. The Kier molecular flexibility index (Phi) is 7.06. The van der Waals surface area contributed by atoms with Gasteiger partial charge in [-0.25, -0.2) is 4.99 Å². The molecule has 2 fully saturated rings. The van der Waals surface area contributed by atoms with Gasteiger partial charge in [-0.05, 0) is 113 Å². The second-order valence-electron chi connectivity index (χ2n) is 9.62. The molecule has 0 bridgehead atoms. The van der Waals surface area contributed by atoms with E-state index >= 15 is 0 Å². The highest BCUT2D eigenvalue weighted by Crippen LogP contribution is 2.35. The van der Waals surface area contributed by atoms with Crippen molar-refractivity contribution < 1.29 is 4.79 Å². The lowest BCUT2D eigenvalue weighted by atomic mass is 10.1. The van der Waals surface area contributed by atoms with Crippen LogP contribution in [0.1, 0.15) is 48.7 Å². The predicted octanol–water partition coefficient (Wildman–Crippen LogP) is 7.02. The number of aliphatic imine (C=N–C) groups is 1. The van der Waals surface area contributed by atoms with Crippen LogP contribution in [-0.4, -0.2) is 40.2 Å². The maximum Gasteiger partial charge on any atom is 0.266 e. The van der Waals surface area contributed by atoms with E-state index in [0.717, 1.165) is 46.6 Å². The Bertz CT molecular complexity index is 1310. The van der Waals surface area contributed by atoms with Crippen LogP contribution in [0.25, 0.3) is 11.8 Å². The van der Waals surface area contributed by atoms with Crippen LogP contribution in [-0.2, 0) is 4.79 Å². The molecule has 0 atom stereocenters. The third-order valence-electron chi connectivity index (χ3n) is 7.05. The Balaban J connectivity index is 1.40. The Morgan fingerprint density at radius 1 is 0.917 bits per heavy atom. The van der Waals surface area contributed by atoms with Crippen molar-refractivity contribution in [3.63, 3.8) is 0 Å². The normalized spacial score (nSPS) is 18.6. The van der Waals surface area contributed by atoms with E-state index in [1.165, 1.54) is 42.3 Å². The third kappa shape index (κ3) is 4.87. The lowest BCUT2D eigenvalue weighted by Crippen LogP contribution is -2.29. The number of rotatable bonds is 5. The van der Waals surface area contributed by atoms with Crippen molar-refractivity contribution in [1.29, 1.82) is 0 Å². The number of aryl methyl sites for hydroxylation is 2. The molecule has 186 valence electrons. The molecular formula is C30H34N4OS. The van der Waals surface area contributed by atoms with E-state index in [1.54, 1.807) is 4.90 Å². The van der Waals surface area contributed by atoms with Gasteiger partial charge in [-0.1, -0.05) is 17.7 Å². The molecule has 0 spiro atoms. The molecular weight excluding hydrogens is 464 g/mol. The van der Waals surface area contributed by atoms with Crippen LogP contribution in [0.2, 0.25) is 0 Å². The van der Waals surface area contributed by atoms with Gasteiger partial charge in [0.25, 0.3) is 5.91 Å². The summed E-state index contributed by atoms with van der Waals surface area (Å²) in [4.78, 5) is 23.0. The first kappa shape index (κ1) is 24.4. The Morgan fingerprint density at radius 2 is 1.58 bits per heavy atom. The Morgan fingerprint density at radius 3 is 2.25 bits per heavy atom. The summed E-state index contributed by atoms with van der Waals surface area (Å²) >= 11 is 1.46. The summed E-state index contributed by atoms with van der Waals surface area (Å²) < 4.78 is 2.24. The summed E-state index contributed by atoms with van der Waals surface area (Å²) in [6, 6.07) is 19.1. The van der Waals surface area contributed by atoms with Crippen LogP contribution in [0, 0.1) is 20.8 Å². The molecule has 2 saturated heterocycles. The number of amides is 1. The van der Waals surface area contributed by atoms with Crippen LogP contribution in [0.3, 0.4) is 0 Å². The molecule has 0 aliphatic carbocycles. The number of nitrogens with zero attached hydrogens (tertiary/aromatic N) is 4. The maximum absolute atomic E-state index is 13.3. The van der Waals surface area contributed by atoms with Crippen molar-refractivity contribution in [3.8, 4) is 5.69 Å². The smallest absolute Gasteiger partial charge is 0.266 e. The van der Waals surface area contributed by atoms with E-state index in [2.05, 4.69) is 84.8 Å². The maximum atomic E-state index is 13.3. The molecule has 2 aromatic carbocycles. The molecule has 5 rings (SSSR count). The predicted molar refractivity (Wildman–Crippen MR) is 153 cm³/mol. The average Bonchev–Trinajstić information content (AvgIpc) is 3.34. The highest BCUT2D eigenvalue weighted by Gasteiger charge is 2.32. The number of aromatic nitrogens is 1. The van der Waals surface area contributed by atoms with E-state index in [9.17, 15) is 4.79 Å². The number of thioether (sulfide) groups is 1. The first-order valence-electron chi connectivity index (χ1n) is 12.9. The van der Waals surface area contributed by atoms with Crippen molar-refractivity contribution in [2.45, 2.75) is 47.0 Å². The van der Waals surface area contributed by atoms with Gasteiger partial charge in [0.1, 0.15) is 0 Å². The van der Waals surface area contributed by atoms with E-state index in [1.807, 2.05) is 13.0 Å². The molecule has 1 amide bonds. The van der Waals surface area contributed by atoms with Gasteiger partial charge in [0, 0.05) is 42.4 Å². The molecule has 2 aliphatic rings. The number of anilines is 1.